The minimum absolute atomic E-state index is 0.0190. The summed E-state index contributed by atoms with van der Waals surface area (Å²) in [5, 5.41) is 10.5. The molecule has 1 aliphatic heterocycles. The van der Waals surface area contributed by atoms with Crippen molar-refractivity contribution in [3.63, 3.8) is 0 Å². The Morgan fingerprint density at radius 1 is 0.971 bits per heavy atom. The molecule has 0 saturated carbocycles. The van der Waals surface area contributed by atoms with E-state index in [0.29, 0.717) is 30.5 Å². The number of benzene rings is 2. The van der Waals surface area contributed by atoms with Gasteiger partial charge in [0.15, 0.2) is 0 Å². The first-order valence-electron chi connectivity index (χ1n) is 11.1. The Kier molecular flexibility index (Phi) is 9.50. The summed E-state index contributed by atoms with van der Waals surface area (Å²) in [6, 6.07) is 15.2. The number of amides is 2. The molecule has 1 saturated heterocycles. The lowest BCUT2D eigenvalue weighted by molar-refractivity contribution is -0.149. The Hall–Kier alpha value is -3.11. The van der Waals surface area contributed by atoms with Gasteiger partial charge in [0.1, 0.15) is 17.3 Å². The number of hydrogen-bond donors (Lipinski definition) is 2. The van der Waals surface area contributed by atoms with Crippen molar-refractivity contribution < 1.29 is 29.1 Å². The highest BCUT2D eigenvalue weighted by molar-refractivity contribution is 8.18. The van der Waals surface area contributed by atoms with Crippen molar-refractivity contribution >= 4 is 51.5 Å². The molecule has 3 atom stereocenters. The lowest BCUT2D eigenvalue weighted by Crippen LogP contribution is -2.52. The third kappa shape index (κ3) is 7.19. The first-order chi connectivity index (χ1) is 16.8. The van der Waals surface area contributed by atoms with E-state index in [-0.39, 0.29) is 16.0 Å². The molecule has 0 aromatic heterocycles. The molecule has 1 heterocycles. The standard InChI is InChI=1S/C25H26N2O6S2/c1-16(22(29)27-14-8-13-19(27)23(30)31)26-21(28)20(35-25(33)18-11-6-3-7-12-18)15-34-24(32)17-9-4-2-5-10-17/h2-7,9-12,16,19-20H,8,13-15H2,1H3,(H,26,28)(H,30,31)/t16?,19?,20-/m1/s1. The van der Waals surface area contributed by atoms with Crippen LogP contribution in [0.15, 0.2) is 60.7 Å². The van der Waals surface area contributed by atoms with E-state index in [9.17, 15) is 29.1 Å². The number of nitrogens with one attached hydrogen (secondary N) is 1. The average molecular weight is 515 g/mol. The van der Waals surface area contributed by atoms with Crippen molar-refractivity contribution in [3.8, 4) is 0 Å². The summed E-state index contributed by atoms with van der Waals surface area (Å²) in [6.07, 6.45) is 0.940. The summed E-state index contributed by atoms with van der Waals surface area (Å²) in [7, 11) is 0. The first-order valence-corrected chi connectivity index (χ1v) is 13.0. The van der Waals surface area contributed by atoms with Crippen molar-refractivity contribution in [2.45, 2.75) is 37.1 Å². The van der Waals surface area contributed by atoms with E-state index in [1.54, 1.807) is 60.7 Å². The molecule has 1 aliphatic rings. The van der Waals surface area contributed by atoms with Crippen LogP contribution in [-0.4, -0.2) is 67.7 Å². The highest BCUT2D eigenvalue weighted by Crippen LogP contribution is 2.24. The van der Waals surface area contributed by atoms with Crippen molar-refractivity contribution in [2.24, 2.45) is 0 Å². The summed E-state index contributed by atoms with van der Waals surface area (Å²) >= 11 is 1.71. The molecule has 0 bridgehead atoms. The third-order valence-corrected chi connectivity index (χ3v) is 7.80. The van der Waals surface area contributed by atoms with Crippen LogP contribution in [0.1, 0.15) is 40.5 Å². The van der Waals surface area contributed by atoms with E-state index >= 15 is 0 Å². The molecular weight excluding hydrogens is 488 g/mol. The number of thioether (sulfide) groups is 2. The molecular formula is C25H26N2O6S2. The summed E-state index contributed by atoms with van der Waals surface area (Å²) in [5.74, 6) is -2.12. The second-order valence-electron chi connectivity index (χ2n) is 7.98. The fraction of sp³-hybridized carbons (Fsp3) is 0.320. The molecule has 2 unspecified atom stereocenters. The van der Waals surface area contributed by atoms with E-state index in [0.717, 1.165) is 23.5 Å². The largest absolute Gasteiger partial charge is 0.480 e. The molecule has 2 aromatic carbocycles. The van der Waals surface area contributed by atoms with Crippen LogP contribution in [0, 0.1) is 0 Å². The van der Waals surface area contributed by atoms with Gasteiger partial charge >= 0.3 is 5.97 Å². The second kappa shape index (κ2) is 12.6. The van der Waals surface area contributed by atoms with Gasteiger partial charge in [-0.1, -0.05) is 84.2 Å². The van der Waals surface area contributed by atoms with Gasteiger partial charge in [-0.25, -0.2) is 4.79 Å². The van der Waals surface area contributed by atoms with Gasteiger partial charge in [0.2, 0.25) is 22.0 Å². The van der Waals surface area contributed by atoms with Gasteiger partial charge in [-0.05, 0) is 19.8 Å². The van der Waals surface area contributed by atoms with Gasteiger partial charge in [0.25, 0.3) is 0 Å². The number of carboxylic acids is 1. The molecule has 0 radical (unpaired) electrons. The van der Waals surface area contributed by atoms with Crippen molar-refractivity contribution in [1.82, 2.24) is 10.2 Å². The van der Waals surface area contributed by atoms with Crippen molar-refractivity contribution in [2.75, 3.05) is 12.3 Å². The van der Waals surface area contributed by atoms with Crippen LogP contribution in [0.2, 0.25) is 0 Å². The van der Waals surface area contributed by atoms with E-state index < -0.39 is 35.1 Å². The summed E-state index contributed by atoms with van der Waals surface area (Å²) in [4.78, 5) is 64.0. The monoisotopic (exact) mass is 514 g/mol. The first kappa shape index (κ1) is 26.5. The molecule has 2 N–H and O–H groups in total. The van der Waals surface area contributed by atoms with Crippen molar-refractivity contribution in [1.29, 1.82) is 0 Å². The predicted molar refractivity (Wildman–Crippen MR) is 135 cm³/mol. The highest BCUT2D eigenvalue weighted by Gasteiger charge is 2.37. The summed E-state index contributed by atoms with van der Waals surface area (Å²) < 4.78 is 0. The second-order valence-corrected chi connectivity index (χ2v) is 10.2. The predicted octanol–water partition coefficient (Wildman–Crippen LogP) is 3.08. The summed E-state index contributed by atoms with van der Waals surface area (Å²) in [6.45, 7) is 1.79. The van der Waals surface area contributed by atoms with Gasteiger partial charge in [-0.15, -0.1) is 0 Å². The molecule has 3 rings (SSSR count). The quantitative estimate of drug-likeness (QED) is 0.524. The Morgan fingerprint density at radius 2 is 1.54 bits per heavy atom. The Labute approximate surface area is 211 Å². The molecule has 184 valence electrons. The SMILES string of the molecule is CC(NC(=O)[C@@H](CSC(=O)c1ccccc1)SC(=O)c1ccccc1)C(=O)N1CCCC1C(=O)O. The molecule has 0 aliphatic carbocycles. The van der Waals surface area contributed by atoms with Gasteiger partial charge in [0.05, 0.1) is 0 Å². The number of aliphatic carboxylic acids is 1. The zero-order valence-corrected chi connectivity index (χ0v) is 20.7. The molecule has 35 heavy (non-hydrogen) atoms. The molecule has 2 aromatic rings. The summed E-state index contributed by atoms with van der Waals surface area (Å²) in [5.41, 5.74) is 0.897. The molecule has 8 nitrogen and oxygen atoms in total. The van der Waals surface area contributed by atoms with Gasteiger partial charge in [-0.3, -0.25) is 19.2 Å². The zero-order chi connectivity index (χ0) is 25.4. The van der Waals surface area contributed by atoms with Crippen LogP contribution >= 0.6 is 23.5 Å². The number of carbonyl (C=O) groups excluding carboxylic acids is 4. The molecule has 1 fully saturated rings. The van der Waals surface area contributed by atoms with Crippen LogP contribution in [0.3, 0.4) is 0 Å². The smallest absolute Gasteiger partial charge is 0.326 e. The lowest BCUT2D eigenvalue weighted by Gasteiger charge is -2.26. The van der Waals surface area contributed by atoms with Gasteiger partial charge in [0, 0.05) is 23.4 Å². The third-order valence-electron chi connectivity index (χ3n) is 5.48. The maximum Gasteiger partial charge on any atom is 0.326 e. The van der Waals surface area contributed by atoms with Crippen LogP contribution in [0.4, 0.5) is 0 Å². The number of nitrogens with zero attached hydrogens (tertiary/aromatic N) is 1. The Balaban J connectivity index is 1.69. The van der Waals surface area contributed by atoms with E-state index in [1.807, 2.05) is 0 Å². The number of likely N-dealkylation sites (tertiary alicyclic amines) is 1. The average Bonchev–Trinajstić information content (AvgIpc) is 3.37. The van der Waals surface area contributed by atoms with Crippen LogP contribution in [0.25, 0.3) is 0 Å². The van der Waals surface area contributed by atoms with Gasteiger partial charge < -0.3 is 15.3 Å². The Bertz CT molecular complexity index is 1080. The highest BCUT2D eigenvalue weighted by atomic mass is 32.2. The molecule has 10 heteroatoms. The van der Waals surface area contributed by atoms with Crippen LogP contribution in [-0.2, 0) is 14.4 Å². The van der Waals surface area contributed by atoms with E-state index in [4.69, 9.17) is 0 Å². The molecule has 0 spiro atoms. The number of rotatable bonds is 9. The van der Waals surface area contributed by atoms with E-state index in [1.165, 1.54) is 11.8 Å². The fourth-order valence-electron chi connectivity index (χ4n) is 3.65. The number of hydrogen-bond acceptors (Lipinski definition) is 7. The minimum Gasteiger partial charge on any atom is -0.480 e. The Morgan fingerprint density at radius 3 is 2.11 bits per heavy atom. The topological polar surface area (TPSA) is 121 Å². The normalized spacial score (nSPS) is 16.8. The maximum atomic E-state index is 13.1. The molecule has 2 amide bonds. The number of carboxylic acid groups (broad SMARTS) is 1. The van der Waals surface area contributed by atoms with Crippen molar-refractivity contribution in [3.05, 3.63) is 71.8 Å². The zero-order valence-electron chi connectivity index (χ0n) is 19.1. The van der Waals surface area contributed by atoms with E-state index in [2.05, 4.69) is 5.32 Å². The van der Waals surface area contributed by atoms with Gasteiger partial charge in [-0.2, -0.15) is 0 Å². The van der Waals surface area contributed by atoms with Crippen LogP contribution < -0.4 is 5.32 Å². The fourth-order valence-corrected chi connectivity index (χ4v) is 5.59. The number of carbonyl (C=O) groups is 5. The minimum atomic E-state index is -1.08. The van der Waals surface area contributed by atoms with Crippen LogP contribution in [0.5, 0.6) is 0 Å². The lowest BCUT2D eigenvalue weighted by atomic mass is 10.2. The maximum absolute atomic E-state index is 13.1.